The molecule has 1 aliphatic carbocycles. The maximum Gasteiger partial charge on any atom is 0.0616 e. The van der Waals surface area contributed by atoms with E-state index in [4.69, 9.17) is 9.84 Å². The lowest BCUT2D eigenvalue weighted by molar-refractivity contribution is 0.140. The Morgan fingerprint density at radius 1 is 1.22 bits per heavy atom. The topological polar surface area (TPSA) is 41.5 Å². The van der Waals surface area contributed by atoms with E-state index in [1.54, 1.807) is 7.11 Å². The number of rotatable bonds is 7. The molecule has 0 aromatic rings. The Morgan fingerprint density at radius 3 is 2.61 bits per heavy atom. The van der Waals surface area contributed by atoms with Gasteiger partial charge in [0.25, 0.3) is 0 Å². The zero-order chi connectivity index (χ0) is 13.4. The molecule has 1 saturated carbocycles. The van der Waals surface area contributed by atoms with E-state index in [0.717, 1.165) is 18.3 Å². The normalized spacial score (nSPS) is 27.2. The second kappa shape index (κ2) is 8.89. The van der Waals surface area contributed by atoms with Crippen molar-refractivity contribution in [3.8, 4) is 0 Å². The molecule has 0 aromatic carbocycles. The summed E-state index contributed by atoms with van der Waals surface area (Å²) in [7, 11) is 1.73. The van der Waals surface area contributed by atoms with Crippen LogP contribution in [-0.4, -0.2) is 37.5 Å². The van der Waals surface area contributed by atoms with E-state index in [1.807, 2.05) is 0 Å². The molecule has 1 fully saturated rings. The average molecular weight is 257 g/mol. The van der Waals surface area contributed by atoms with Crippen LogP contribution < -0.4 is 5.32 Å². The van der Waals surface area contributed by atoms with Crippen molar-refractivity contribution in [3.05, 3.63) is 0 Å². The molecule has 18 heavy (non-hydrogen) atoms. The Labute approximate surface area is 112 Å². The second-order valence-corrected chi connectivity index (χ2v) is 6.04. The van der Waals surface area contributed by atoms with Gasteiger partial charge in [-0.15, -0.1) is 0 Å². The smallest absolute Gasteiger partial charge is 0.0616 e. The number of aliphatic hydroxyl groups is 1. The summed E-state index contributed by atoms with van der Waals surface area (Å²) in [5.74, 6) is 1.71. The number of hydrogen-bond donors (Lipinski definition) is 2. The van der Waals surface area contributed by atoms with Crippen LogP contribution in [0.1, 0.15) is 52.4 Å². The molecule has 0 amide bonds. The maximum absolute atomic E-state index is 9.07. The Bertz CT molecular complexity index is 203. The fourth-order valence-electron chi connectivity index (χ4n) is 3.07. The van der Waals surface area contributed by atoms with E-state index in [1.165, 1.54) is 32.1 Å². The van der Waals surface area contributed by atoms with Gasteiger partial charge in [0.2, 0.25) is 0 Å². The molecule has 1 rings (SSSR count). The highest BCUT2D eigenvalue weighted by molar-refractivity contribution is 4.79. The Balaban J connectivity index is 2.37. The second-order valence-electron chi connectivity index (χ2n) is 6.04. The molecule has 0 saturated heterocycles. The molecule has 3 nitrogen and oxygen atoms in total. The van der Waals surface area contributed by atoms with Crippen LogP contribution in [0.4, 0.5) is 0 Å². The predicted octanol–water partition coefficient (Wildman–Crippen LogP) is 2.58. The van der Waals surface area contributed by atoms with E-state index in [0.29, 0.717) is 18.7 Å². The van der Waals surface area contributed by atoms with E-state index in [-0.39, 0.29) is 6.61 Å². The third kappa shape index (κ3) is 5.68. The van der Waals surface area contributed by atoms with Gasteiger partial charge < -0.3 is 15.2 Å². The van der Waals surface area contributed by atoms with Crippen LogP contribution in [0.5, 0.6) is 0 Å². The largest absolute Gasteiger partial charge is 0.396 e. The summed E-state index contributed by atoms with van der Waals surface area (Å²) in [5.41, 5.74) is 0. The van der Waals surface area contributed by atoms with Crippen LogP contribution in [0, 0.1) is 11.8 Å². The third-order valence-corrected chi connectivity index (χ3v) is 4.27. The molecule has 0 aromatic heterocycles. The Hall–Kier alpha value is -0.120. The van der Waals surface area contributed by atoms with Crippen molar-refractivity contribution in [1.82, 2.24) is 5.32 Å². The third-order valence-electron chi connectivity index (χ3n) is 4.27. The van der Waals surface area contributed by atoms with Crippen molar-refractivity contribution in [1.29, 1.82) is 0 Å². The van der Waals surface area contributed by atoms with Crippen LogP contribution in [0.2, 0.25) is 0 Å². The molecule has 2 N–H and O–H groups in total. The van der Waals surface area contributed by atoms with E-state index >= 15 is 0 Å². The zero-order valence-electron chi connectivity index (χ0n) is 12.3. The van der Waals surface area contributed by atoms with Gasteiger partial charge in [-0.1, -0.05) is 26.7 Å². The van der Waals surface area contributed by atoms with Gasteiger partial charge in [0.15, 0.2) is 0 Å². The molecule has 0 aliphatic heterocycles. The van der Waals surface area contributed by atoms with Crippen LogP contribution >= 0.6 is 0 Å². The summed E-state index contributed by atoms with van der Waals surface area (Å²) in [6, 6.07) is 0.918. The summed E-state index contributed by atoms with van der Waals surface area (Å²) < 4.78 is 5.22. The van der Waals surface area contributed by atoms with Gasteiger partial charge in [-0.3, -0.25) is 0 Å². The summed E-state index contributed by atoms with van der Waals surface area (Å²) in [4.78, 5) is 0. The highest BCUT2D eigenvalue weighted by atomic mass is 16.5. The highest BCUT2D eigenvalue weighted by Crippen LogP contribution is 2.29. The molecule has 1 aliphatic rings. The number of hydrogen-bond acceptors (Lipinski definition) is 3. The minimum atomic E-state index is 0.238. The molecule has 0 radical (unpaired) electrons. The first kappa shape index (κ1) is 15.9. The highest BCUT2D eigenvalue weighted by Gasteiger charge is 2.22. The van der Waals surface area contributed by atoms with Crippen LogP contribution in [0.15, 0.2) is 0 Å². The van der Waals surface area contributed by atoms with Crippen LogP contribution in [0.3, 0.4) is 0 Å². The SMILES string of the molecule is COCC(CCO)NC1CCCC(C(C)C)CC1. The van der Waals surface area contributed by atoms with Crippen molar-refractivity contribution >= 4 is 0 Å². The van der Waals surface area contributed by atoms with Gasteiger partial charge in [0.05, 0.1) is 6.61 Å². The molecule has 3 unspecified atom stereocenters. The molecule has 3 heteroatoms. The lowest BCUT2D eigenvalue weighted by atomic mass is 9.89. The minimum Gasteiger partial charge on any atom is -0.396 e. The van der Waals surface area contributed by atoms with E-state index < -0.39 is 0 Å². The Morgan fingerprint density at radius 2 is 2.00 bits per heavy atom. The zero-order valence-corrected chi connectivity index (χ0v) is 12.3. The van der Waals surface area contributed by atoms with E-state index in [2.05, 4.69) is 19.2 Å². The number of aliphatic hydroxyl groups excluding tert-OH is 1. The summed E-state index contributed by atoms with van der Waals surface area (Å²) in [5, 5.41) is 12.7. The number of methoxy groups -OCH3 is 1. The van der Waals surface area contributed by atoms with Crippen LogP contribution in [-0.2, 0) is 4.74 Å². The van der Waals surface area contributed by atoms with Crippen molar-refractivity contribution in [2.45, 2.75) is 64.5 Å². The predicted molar refractivity (Wildman–Crippen MR) is 75.7 cm³/mol. The first-order chi connectivity index (χ1) is 8.67. The summed E-state index contributed by atoms with van der Waals surface area (Å²) >= 11 is 0. The first-order valence-corrected chi connectivity index (χ1v) is 7.53. The van der Waals surface area contributed by atoms with Crippen molar-refractivity contribution in [2.75, 3.05) is 20.3 Å². The van der Waals surface area contributed by atoms with Crippen molar-refractivity contribution in [2.24, 2.45) is 11.8 Å². The molecule has 0 spiro atoms. The van der Waals surface area contributed by atoms with Gasteiger partial charge in [-0.2, -0.15) is 0 Å². The minimum absolute atomic E-state index is 0.238. The van der Waals surface area contributed by atoms with Gasteiger partial charge >= 0.3 is 0 Å². The maximum atomic E-state index is 9.07. The van der Waals surface area contributed by atoms with Gasteiger partial charge in [0.1, 0.15) is 0 Å². The lowest BCUT2D eigenvalue weighted by Crippen LogP contribution is -2.41. The molecule has 0 bridgehead atoms. The molecule has 0 heterocycles. The molecule has 3 atom stereocenters. The monoisotopic (exact) mass is 257 g/mol. The van der Waals surface area contributed by atoms with Gasteiger partial charge in [-0.25, -0.2) is 0 Å². The fourth-order valence-corrected chi connectivity index (χ4v) is 3.07. The van der Waals surface area contributed by atoms with Gasteiger partial charge in [-0.05, 0) is 37.5 Å². The standard InChI is InChI=1S/C15H31NO2/c1-12(2)13-5-4-6-14(8-7-13)16-15(9-10-17)11-18-3/h12-17H,4-11H2,1-3H3. The number of nitrogens with one attached hydrogen (secondary N) is 1. The average Bonchev–Trinajstić information content (AvgIpc) is 2.55. The quantitative estimate of drug-likeness (QED) is 0.689. The number of ether oxygens (including phenoxy) is 1. The Kier molecular flexibility index (Phi) is 7.87. The van der Waals surface area contributed by atoms with E-state index in [9.17, 15) is 0 Å². The van der Waals surface area contributed by atoms with Gasteiger partial charge in [0, 0.05) is 25.8 Å². The molecular formula is C15H31NO2. The van der Waals surface area contributed by atoms with Crippen molar-refractivity contribution in [3.63, 3.8) is 0 Å². The first-order valence-electron chi connectivity index (χ1n) is 7.53. The molecule has 108 valence electrons. The fraction of sp³-hybridized carbons (Fsp3) is 1.00. The van der Waals surface area contributed by atoms with Crippen molar-refractivity contribution < 1.29 is 9.84 Å². The molecular weight excluding hydrogens is 226 g/mol. The lowest BCUT2D eigenvalue weighted by Gasteiger charge is -2.24. The van der Waals surface area contributed by atoms with Crippen LogP contribution in [0.25, 0.3) is 0 Å². The summed E-state index contributed by atoms with van der Waals surface area (Å²) in [6.45, 7) is 5.63. The summed E-state index contributed by atoms with van der Waals surface area (Å²) in [6.07, 6.45) is 7.39.